The molecule has 0 amide bonds. The van der Waals surface area contributed by atoms with E-state index in [2.05, 4.69) is 78.0 Å². The molecule has 1 aromatic rings. The Labute approximate surface area is 192 Å². The van der Waals surface area contributed by atoms with Gasteiger partial charge in [0.05, 0.1) is 0 Å². The Kier molecular flexibility index (Phi) is 12.5. The van der Waals surface area contributed by atoms with Gasteiger partial charge in [-0.25, -0.2) is 0 Å². The number of carbonyl (C=O) groups excluding carboxylic acids is 1. The van der Waals surface area contributed by atoms with Crippen molar-refractivity contribution in [1.82, 2.24) is 0 Å². The Morgan fingerprint density at radius 3 is 1.65 bits per heavy atom. The van der Waals surface area contributed by atoms with Crippen molar-refractivity contribution in [2.75, 3.05) is 0 Å². The van der Waals surface area contributed by atoms with Gasteiger partial charge in [-0.15, -0.1) is 0 Å². The molecule has 0 aliphatic heterocycles. The van der Waals surface area contributed by atoms with Gasteiger partial charge in [-0.3, -0.25) is 4.79 Å². The third-order valence-corrected chi connectivity index (χ3v) is 6.15. The van der Waals surface area contributed by atoms with Crippen molar-refractivity contribution >= 4 is 5.97 Å². The maximum atomic E-state index is 12.2. The first-order valence-electron chi connectivity index (χ1n) is 12.2. The number of hydrogen-bond donors (Lipinski definition) is 0. The van der Waals surface area contributed by atoms with Crippen LogP contribution in [0, 0.1) is 11.8 Å². The van der Waals surface area contributed by atoms with Gasteiger partial charge in [0.15, 0.2) is 0 Å². The molecule has 174 valence electrons. The zero-order chi connectivity index (χ0) is 23.3. The summed E-state index contributed by atoms with van der Waals surface area (Å²) in [4.78, 5) is 12.2. The highest BCUT2D eigenvalue weighted by Crippen LogP contribution is 2.39. The fraction of sp³-hybridized carbons (Fsp3) is 0.621. The first-order valence-corrected chi connectivity index (χ1v) is 12.2. The summed E-state index contributed by atoms with van der Waals surface area (Å²) in [6.45, 7) is 14.8. The number of carbonyl (C=O) groups is 1. The molecule has 0 N–H and O–H groups in total. The SMILES string of the molecule is CC(=O)OC(CCC(C)CCC=C(C)C)(CCC(C)CCC=C(C)C)c1ccccc1. The van der Waals surface area contributed by atoms with E-state index in [0.29, 0.717) is 11.8 Å². The van der Waals surface area contributed by atoms with Gasteiger partial charge < -0.3 is 4.74 Å². The lowest BCUT2D eigenvalue weighted by Crippen LogP contribution is -2.33. The monoisotopic (exact) mass is 426 g/mol. The molecule has 0 saturated carbocycles. The molecule has 0 radical (unpaired) electrons. The Balaban J connectivity index is 2.94. The minimum atomic E-state index is -0.525. The third kappa shape index (κ3) is 11.4. The maximum absolute atomic E-state index is 12.2. The molecule has 0 fully saturated rings. The normalized spacial score (nSPS) is 14.8. The van der Waals surface area contributed by atoms with Crippen LogP contribution in [0.3, 0.4) is 0 Å². The number of esters is 1. The van der Waals surface area contributed by atoms with Crippen molar-refractivity contribution < 1.29 is 9.53 Å². The summed E-state index contributed by atoms with van der Waals surface area (Å²) in [5, 5.41) is 0. The molecule has 0 bridgehead atoms. The Bertz CT molecular complexity index is 659. The number of allylic oxidation sites excluding steroid dienone is 4. The largest absolute Gasteiger partial charge is 0.454 e. The molecule has 1 rings (SSSR count). The molecule has 0 aromatic heterocycles. The van der Waals surface area contributed by atoms with Crippen molar-refractivity contribution in [3.63, 3.8) is 0 Å². The Morgan fingerprint density at radius 2 is 1.26 bits per heavy atom. The van der Waals surface area contributed by atoms with Crippen LogP contribution in [-0.2, 0) is 15.1 Å². The molecule has 0 aliphatic rings. The highest BCUT2D eigenvalue weighted by atomic mass is 16.6. The Hall–Kier alpha value is -1.83. The van der Waals surface area contributed by atoms with E-state index in [0.717, 1.165) is 44.1 Å². The summed E-state index contributed by atoms with van der Waals surface area (Å²) in [5.74, 6) is 1.02. The van der Waals surface area contributed by atoms with Crippen LogP contribution in [0.4, 0.5) is 0 Å². The van der Waals surface area contributed by atoms with Gasteiger partial charge in [0.25, 0.3) is 0 Å². The van der Waals surface area contributed by atoms with Crippen LogP contribution in [0.15, 0.2) is 53.6 Å². The second-order valence-electron chi connectivity index (χ2n) is 9.96. The molecule has 31 heavy (non-hydrogen) atoms. The van der Waals surface area contributed by atoms with Crippen molar-refractivity contribution in [1.29, 1.82) is 0 Å². The molecule has 2 unspecified atom stereocenters. The molecule has 0 heterocycles. The molecule has 0 saturated heterocycles. The summed E-state index contributed by atoms with van der Waals surface area (Å²) in [6, 6.07) is 10.4. The molecule has 1 aromatic carbocycles. The van der Waals surface area contributed by atoms with Crippen LogP contribution >= 0.6 is 0 Å². The summed E-state index contributed by atoms with van der Waals surface area (Å²) in [5.41, 5.74) is 3.38. The van der Waals surface area contributed by atoms with Crippen molar-refractivity contribution in [2.24, 2.45) is 11.8 Å². The van der Waals surface area contributed by atoms with E-state index in [-0.39, 0.29) is 5.97 Å². The summed E-state index contributed by atoms with van der Waals surface area (Å²) < 4.78 is 6.15. The fourth-order valence-electron chi connectivity index (χ4n) is 4.15. The van der Waals surface area contributed by atoms with E-state index in [4.69, 9.17) is 4.74 Å². The van der Waals surface area contributed by atoms with E-state index in [9.17, 15) is 4.79 Å². The maximum Gasteiger partial charge on any atom is 0.303 e. The second kappa shape index (κ2) is 14.3. The molecule has 2 nitrogen and oxygen atoms in total. The zero-order valence-corrected chi connectivity index (χ0v) is 21.2. The second-order valence-corrected chi connectivity index (χ2v) is 9.96. The zero-order valence-electron chi connectivity index (χ0n) is 21.2. The van der Waals surface area contributed by atoms with Crippen LogP contribution in [0.1, 0.15) is 105 Å². The van der Waals surface area contributed by atoms with Gasteiger partial charge in [0.1, 0.15) is 5.60 Å². The van der Waals surface area contributed by atoms with Crippen molar-refractivity contribution in [3.05, 3.63) is 59.2 Å². The van der Waals surface area contributed by atoms with Gasteiger partial charge in [-0.05, 0) is 96.5 Å². The van der Waals surface area contributed by atoms with Crippen LogP contribution in [0.5, 0.6) is 0 Å². The van der Waals surface area contributed by atoms with Gasteiger partial charge >= 0.3 is 5.97 Å². The highest BCUT2D eigenvalue weighted by molar-refractivity contribution is 5.66. The van der Waals surface area contributed by atoms with Crippen molar-refractivity contribution in [2.45, 2.75) is 105 Å². The summed E-state index contributed by atoms with van der Waals surface area (Å²) in [6.07, 6.45) is 13.1. The molecular weight excluding hydrogens is 380 g/mol. The fourth-order valence-corrected chi connectivity index (χ4v) is 4.15. The smallest absolute Gasteiger partial charge is 0.303 e. The van der Waals surface area contributed by atoms with Gasteiger partial charge in [0, 0.05) is 6.92 Å². The molecule has 2 atom stereocenters. The molecular formula is C29H46O2. The lowest BCUT2D eigenvalue weighted by Gasteiger charge is -2.35. The van der Waals surface area contributed by atoms with Crippen LogP contribution < -0.4 is 0 Å². The van der Waals surface area contributed by atoms with Crippen LogP contribution in [0.2, 0.25) is 0 Å². The lowest BCUT2D eigenvalue weighted by molar-refractivity contribution is -0.161. The number of rotatable bonds is 14. The number of ether oxygens (including phenoxy) is 1. The average Bonchev–Trinajstić information content (AvgIpc) is 2.70. The lowest BCUT2D eigenvalue weighted by atomic mass is 9.80. The Morgan fingerprint density at radius 1 is 0.806 bits per heavy atom. The first kappa shape index (κ1) is 27.2. The van der Waals surface area contributed by atoms with Gasteiger partial charge in [-0.1, -0.05) is 67.5 Å². The number of hydrogen-bond acceptors (Lipinski definition) is 2. The van der Waals surface area contributed by atoms with Gasteiger partial charge in [0.2, 0.25) is 0 Å². The minimum absolute atomic E-state index is 0.182. The predicted molar refractivity (Wildman–Crippen MR) is 134 cm³/mol. The average molecular weight is 427 g/mol. The topological polar surface area (TPSA) is 26.3 Å². The van der Waals surface area contributed by atoms with E-state index in [1.807, 2.05) is 6.07 Å². The van der Waals surface area contributed by atoms with E-state index >= 15 is 0 Å². The quantitative estimate of drug-likeness (QED) is 0.219. The van der Waals surface area contributed by atoms with Crippen LogP contribution in [-0.4, -0.2) is 5.97 Å². The molecule has 2 heteroatoms. The van der Waals surface area contributed by atoms with Gasteiger partial charge in [-0.2, -0.15) is 0 Å². The van der Waals surface area contributed by atoms with Crippen LogP contribution in [0.25, 0.3) is 0 Å². The van der Waals surface area contributed by atoms with Crippen molar-refractivity contribution in [3.8, 4) is 0 Å². The summed E-state index contributed by atoms with van der Waals surface area (Å²) >= 11 is 0. The summed E-state index contributed by atoms with van der Waals surface area (Å²) in [7, 11) is 0. The van der Waals surface area contributed by atoms with E-state index in [1.54, 1.807) is 6.92 Å². The first-order chi connectivity index (χ1) is 14.6. The standard InChI is InChI=1S/C29H46O2/c1-23(2)13-11-15-25(5)19-21-29(31-27(7)30,28-17-9-8-10-18-28)22-20-26(6)16-12-14-24(3)4/h8-10,13-14,17-18,25-26H,11-12,15-16,19-22H2,1-7H3. The predicted octanol–water partition coefficient (Wildman–Crippen LogP) is 8.77. The van der Waals surface area contributed by atoms with E-state index < -0.39 is 5.60 Å². The van der Waals surface area contributed by atoms with E-state index in [1.165, 1.54) is 24.0 Å². The number of benzene rings is 1. The molecule has 0 spiro atoms. The third-order valence-electron chi connectivity index (χ3n) is 6.15. The minimum Gasteiger partial charge on any atom is -0.454 e. The molecule has 0 aliphatic carbocycles. The highest BCUT2D eigenvalue weighted by Gasteiger charge is 2.35.